The summed E-state index contributed by atoms with van der Waals surface area (Å²) in [6.45, 7) is 6.01. The SMILES string of the molecule is C=C(CCCCCCOCC1CO1)C(N)=O. The van der Waals surface area contributed by atoms with Gasteiger partial charge in [-0.15, -0.1) is 0 Å². The summed E-state index contributed by atoms with van der Waals surface area (Å²) in [5.41, 5.74) is 5.61. The average Bonchev–Trinajstić information content (AvgIpc) is 3.05. The van der Waals surface area contributed by atoms with Crippen LogP contribution in [0.4, 0.5) is 0 Å². The minimum Gasteiger partial charge on any atom is -0.379 e. The van der Waals surface area contributed by atoms with E-state index in [4.69, 9.17) is 15.2 Å². The third-order valence-corrected chi connectivity index (χ3v) is 2.57. The van der Waals surface area contributed by atoms with Crippen molar-refractivity contribution in [1.82, 2.24) is 0 Å². The fraction of sp³-hybridized carbons (Fsp3) is 0.750. The van der Waals surface area contributed by atoms with E-state index in [2.05, 4.69) is 6.58 Å². The lowest BCUT2D eigenvalue weighted by molar-refractivity contribution is -0.114. The van der Waals surface area contributed by atoms with Crippen LogP contribution in [-0.4, -0.2) is 31.8 Å². The zero-order chi connectivity index (χ0) is 11.8. The number of rotatable bonds is 10. The van der Waals surface area contributed by atoms with Gasteiger partial charge >= 0.3 is 0 Å². The van der Waals surface area contributed by atoms with E-state index in [0.717, 1.165) is 45.5 Å². The smallest absolute Gasteiger partial charge is 0.244 e. The van der Waals surface area contributed by atoms with Gasteiger partial charge in [-0.3, -0.25) is 4.79 Å². The summed E-state index contributed by atoms with van der Waals surface area (Å²) in [5, 5.41) is 0. The number of carbonyl (C=O) groups excluding carboxylic acids is 1. The Bertz CT molecular complexity index is 236. The van der Waals surface area contributed by atoms with E-state index in [0.29, 0.717) is 18.1 Å². The Labute approximate surface area is 96.8 Å². The van der Waals surface area contributed by atoms with Gasteiger partial charge in [0.05, 0.1) is 13.2 Å². The third kappa shape index (κ3) is 6.58. The lowest BCUT2D eigenvalue weighted by Crippen LogP contribution is -2.12. The van der Waals surface area contributed by atoms with E-state index in [-0.39, 0.29) is 5.91 Å². The van der Waals surface area contributed by atoms with Crippen molar-refractivity contribution in [2.75, 3.05) is 19.8 Å². The summed E-state index contributed by atoms with van der Waals surface area (Å²) in [5.74, 6) is -0.382. The second-order valence-corrected chi connectivity index (χ2v) is 4.16. The summed E-state index contributed by atoms with van der Waals surface area (Å²) in [6, 6.07) is 0. The van der Waals surface area contributed by atoms with E-state index < -0.39 is 0 Å². The molecule has 1 aliphatic heterocycles. The number of primary amides is 1. The number of epoxide rings is 1. The van der Waals surface area contributed by atoms with Gasteiger partial charge in [-0.25, -0.2) is 0 Å². The quantitative estimate of drug-likeness (QED) is 0.348. The van der Waals surface area contributed by atoms with Crippen LogP contribution >= 0.6 is 0 Å². The molecular weight excluding hydrogens is 206 g/mol. The fourth-order valence-corrected chi connectivity index (χ4v) is 1.40. The minimum absolute atomic E-state index is 0.360. The van der Waals surface area contributed by atoms with Gasteiger partial charge in [-0.05, 0) is 19.3 Å². The molecule has 1 rings (SSSR count). The molecule has 0 aliphatic carbocycles. The van der Waals surface area contributed by atoms with Gasteiger partial charge in [0.2, 0.25) is 5.91 Å². The standard InChI is InChI=1S/C12H21NO3/c1-10(12(13)14)6-4-2-3-5-7-15-8-11-9-16-11/h11H,1-9H2,(H2,13,14). The van der Waals surface area contributed by atoms with Crippen molar-refractivity contribution >= 4 is 5.91 Å². The molecule has 4 heteroatoms. The first-order valence-electron chi connectivity index (χ1n) is 5.87. The highest BCUT2D eigenvalue weighted by atomic mass is 16.6. The molecule has 0 radical (unpaired) electrons. The van der Waals surface area contributed by atoms with Crippen LogP contribution in [0.25, 0.3) is 0 Å². The Morgan fingerprint density at radius 3 is 2.69 bits per heavy atom. The van der Waals surface area contributed by atoms with Crippen molar-refractivity contribution in [3.05, 3.63) is 12.2 Å². The lowest BCUT2D eigenvalue weighted by Gasteiger charge is -2.03. The van der Waals surface area contributed by atoms with Gasteiger partial charge < -0.3 is 15.2 Å². The van der Waals surface area contributed by atoms with Crippen LogP contribution in [0.5, 0.6) is 0 Å². The van der Waals surface area contributed by atoms with Crippen LogP contribution in [0, 0.1) is 0 Å². The molecule has 1 heterocycles. The highest BCUT2D eigenvalue weighted by Gasteiger charge is 2.21. The minimum atomic E-state index is -0.382. The van der Waals surface area contributed by atoms with Crippen molar-refractivity contribution < 1.29 is 14.3 Å². The number of unbranched alkanes of at least 4 members (excludes halogenated alkanes) is 3. The molecule has 1 aliphatic rings. The number of amides is 1. The molecular formula is C12H21NO3. The van der Waals surface area contributed by atoms with E-state index in [1.165, 1.54) is 0 Å². The molecule has 1 atom stereocenters. The maximum atomic E-state index is 10.7. The fourth-order valence-electron chi connectivity index (χ4n) is 1.40. The molecule has 0 aromatic heterocycles. The molecule has 92 valence electrons. The largest absolute Gasteiger partial charge is 0.379 e. The maximum Gasteiger partial charge on any atom is 0.244 e. The van der Waals surface area contributed by atoms with E-state index in [1.807, 2.05) is 0 Å². The topological polar surface area (TPSA) is 64.8 Å². The first-order chi connectivity index (χ1) is 7.70. The van der Waals surface area contributed by atoms with E-state index in [9.17, 15) is 4.79 Å². The molecule has 2 N–H and O–H groups in total. The van der Waals surface area contributed by atoms with Gasteiger partial charge in [-0.1, -0.05) is 19.4 Å². The zero-order valence-electron chi connectivity index (χ0n) is 9.74. The number of carbonyl (C=O) groups is 1. The van der Waals surface area contributed by atoms with Gasteiger partial charge in [-0.2, -0.15) is 0 Å². The first kappa shape index (κ1) is 13.2. The van der Waals surface area contributed by atoms with Crippen molar-refractivity contribution in [1.29, 1.82) is 0 Å². The summed E-state index contributed by atoms with van der Waals surface area (Å²) >= 11 is 0. The molecule has 4 nitrogen and oxygen atoms in total. The molecule has 0 spiro atoms. The second-order valence-electron chi connectivity index (χ2n) is 4.16. The Morgan fingerprint density at radius 1 is 1.38 bits per heavy atom. The Balaban J connectivity index is 1.76. The van der Waals surface area contributed by atoms with Gasteiger partial charge in [0.1, 0.15) is 6.10 Å². The van der Waals surface area contributed by atoms with Crippen molar-refractivity contribution in [3.63, 3.8) is 0 Å². The molecule has 1 unspecified atom stereocenters. The van der Waals surface area contributed by atoms with Gasteiger partial charge in [0.15, 0.2) is 0 Å². The normalized spacial score (nSPS) is 18.4. The predicted octanol–water partition coefficient (Wildman–Crippen LogP) is 1.39. The number of nitrogens with two attached hydrogens (primary N) is 1. The molecule has 1 saturated heterocycles. The molecule has 1 fully saturated rings. The Morgan fingerprint density at radius 2 is 2.06 bits per heavy atom. The molecule has 16 heavy (non-hydrogen) atoms. The van der Waals surface area contributed by atoms with Gasteiger partial charge in [0, 0.05) is 12.2 Å². The molecule has 1 amide bonds. The van der Waals surface area contributed by atoms with Crippen molar-refractivity contribution in [2.45, 2.75) is 38.2 Å². The van der Waals surface area contributed by atoms with Crippen LogP contribution in [0.1, 0.15) is 32.1 Å². The number of hydrogen-bond donors (Lipinski definition) is 1. The maximum absolute atomic E-state index is 10.7. The molecule has 0 aromatic carbocycles. The summed E-state index contributed by atoms with van der Waals surface area (Å²) in [4.78, 5) is 10.7. The van der Waals surface area contributed by atoms with Crippen LogP contribution < -0.4 is 5.73 Å². The highest BCUT2D eigenvalue weighted by Crippen LogP contribution is 2.10. The molecule has 0 bridgehead atoms. The van der Waals surface area contributed by atoms with Crippen LogP contribution in [0.3, 0.4) is 0 Å². The van der Waals surface area contributed by atoms with E-state index in [1.54, 1.807) is 0 Å². The predicted molar refractivity (Wildman–Crippen MR) is 62.0 cm³/mol. The van der Waals surface area contributed by atoms with Crippen molar-refractivity contribution in [2.24, 2.45) is 5.73 Å². The van der Waals surface area contributed by atoms with Gasteiger partial charge in [0.25, 0.3) is 0 Å². The monoisotopic (exact) mass is 227 g/mol. The van der Waals surface area contributed by atoms with Crippen molar-refractivity contribution in [3.8, 4) is 0 Å². The zero-order valence-corrected chi connectivity index (χ0v) is 9.74. The third-order valence-electron chi connectivity index (χ3n) is 2.57. The van der Waals surface area contributed by atoms with Crippen LogP contribution in [0.15, 0.2) is 12.2 Å². The van der Waals surface area contributed by atoms with Crippen LogP contribution in [0.2, 0.25) is 0 Å². The van der Waals surface area contributed by atoms with E-state index >= 15 is 0 Å². The summed E-state index contributed by atoms with van der Waals surface area (Å²) in [6.07, 6.45) is 5.33. The summed E-state index contributed by atoms with van der Waals surface area (Å²) < 4.78 is 10.4. The number of hydrogen-bond acceptors (Lipinski definition) is 3. The summed E-state index contributed by atoms with van der Waals surface area (Å²) in [7, 11) is 0. The van der Waals surface area contributed by atoms with Crippen LogP contribution in [-0.2, 0) is 14.3 Å². The molecule has 0 saturated carbocycles. The highest BCUT2D eigenvalue weighted by molar-refractivity contribution is 5.91. The molecule has 0 aromatic rings. The Hall–Kier alpha value is -0.870. The average molecular weight is 227 g/mol. The number of ether oxygens (including phenoxy) is 2. The first-order valence-corrected chi connectivity index (χ1v) is 5.87. The Kier molecular flexibility index (Phi) is 6.11. The lowest BCUT2D eigenvalue weighted by atomic mass is 10.1. The second kappa shape index (κ2) is 7.41.